The zero-order valence-corrected chi connectivity index (χ0v) is 12.2. The zero-order chi connectivity index (χ0) is 15.0. The van der Waals surface area contributed by atoms with E-state index in [1.54, 1.807) is 24.3 Å². The molecule has 2 aromatic carbocycles. The van der Waals surface area contributed by atoms with Gasteiger partial charge in [0, 0.05) is 4.47 Å². The molecule has 0 fully saturated rings. The van der Waals surface area contributed by atoms with E-state index in [9.17, 15) is 8.78 Å². The Labute approximate surface area is 127 Å². The number of nitrogens with two attached hydrogens (primary N) is 1. The van der Waals surface area contributed by atoms with Crippen LogP contribution in [0, 0.1) is 11.6 Å². The maximum absolute atomic E-state index is 14.1. The Balaban J connectivity index is 2.27. The van der Waals surface area contributed by atoms with Crippen molar-refractivity contribution in [3.63, 3.8) is 0 Å². The van der Waals surface area contributed by atoms with Gasteiger partial charge in [0.1, 0.15) is 17.3 Å². The van der Waals surface area contributed by atoms with E-state index in [2.05, 4.69) is 21.1 Å². The van der Waals surface area contributed by atoms with E-state index in [1.165, 1.54) is 0 Å². The van der Waals surface area contributed by atoms with Gasteiger partial charge in [-0.25, -0.2) is 8.78 Å². The van der Waals surface area contributed by atoms with Crippen LogP contribution in [-0.4, -0.2) is 5.16 Å². The van der Waals surface area contributed by atoms with Gasteiger partial charge in [0.25, 0.3) is 0 Å². The minimum absolute atomic E-state index is 0.0120. The molecule has 0 spiro atoms. The highest BCUT2D eigenvalue weighted by Gasteiger charge is 2.23. The van der Waals surface area contributed by atoms with Crippen LogP contribution in [0.3, 0.4) is 0 Å². The van der Waals surface area contributed by atoms with E-state index in [0.29, 0.717) is 15.6 Å². The van der Waals surface area contributed by atoms with Crippen molar-refractivity contribution in [3.05, 3.63) is 58.6 Å². The van der Waals surface area contributed by atoms with Gasteiger partial charge in [-0.2, -0.15) is 0 Å². The lowest BCUT2D eigenvalue weighted by atomic mass is 10.0. The summed E-state index contributed by atoms with van der Waals surface area (Å²) in [5.74, 6) is -1.47. The van der Waals surface area contributed by atoms with Gasteiger partial charge in [0.15, 0.2) is 0 Å². The number of nitrogen functional groups attached to an aromatic ring is 1. The molecule has 0 bridgehead atoms. The zero-order valence-electron chi connectivity index (χ0n) is 10.6. The summed E-state index contributed by atoms with van der Waals surface area (Å²) < 4.78 is 33.5. The summed E-state index contributed by atoms with van der Waals surface area (Å²) in [6.07, 6.45) is 0. The summed E-state index contributed by atoms with van der Waals surface area (Å²) in [6, 6.07) is 11.3. The third-order valence-electron chi connectivity index (χ3n) is 3.02. The van der Waals surface area contributed by atoms with E-state index in [0.717, 1.165) is 12.1 Å². The predicted octanol–water partition coefficient (Wildman–Crippen LogP) is 4.63. The van der Waals surface area contributed by atoms with Crippen LogP contribution < -0.4 is 5.73 Å². The molecule has 0 saturated carbocycles. The van der Waals surface area contributed by atoms with Crippen LogP contribution in [0.2, 0.25) is 0 Å². The Bertz CT molecular complexity index is 780. The average molecular weight is 351 g/mol. The van der Waals surface area contributed by atoms with Gasteiger partial charge in [-0.05, 0) is 17.7 Å². The lowest BCUT2D eigenvalue weighted by Gasteiger charge is -2.06. The molecule has 21 heavy (non-hydrogen) atoms. The Morgan fingerprint density at radius 3 is 2.24 bits per heavy atom. The molecule has 0 unspecified atom stereocenters. The van der Waals surface area contributed by atoms with Crippen LogP contribution in [0.1, 0.15) is 0 Å². The van der Waals surface area contributed by atoms with Gasteiger partial charge in [-0.3, -0.25) is 0 Å². The Morgan fingerprint density at radius 1 is 1.00 bits per heavy atom. The van der Waals surface area contributed by atoms with Gasteiger partial charge < -0.3 is 10.3 Å². The van der Waals surface area contributed by atoms with Crippen LogP contribution >= 0.6 is 15.9 Å². The van der Waals surface area contributed by atoms with Gasteiger partial charge in [0.05, 0.1) is 11.1 Å². The van der Waals surface area contributed by atoms with E-state index >= 15 is 0 Å². The molecule has 3 rings (SSSR count). The molecule has 0 radical (unpaired) electrons. The maximum Gasteiger partial charge on any atom is 0.230 e. The first-order chi connectivity index (χ1) is 10.1. The van der Waals surface area contributed by atoms with Crippen molar-refractivity contribution in [2.45, 2.75) is 0 Å². The van der Waals surface area contributed by atoms with Crippen LogP contribution in [0.4, 0.5) is 14.7 Å². The normalized spacial score (nSPS) is 10.8. The molecule has 0 amide bonds. The van der Waals surface area contributed by atoms with Crippen molar-refractivity contribution in [1.82, 2.24) is 5.16 Å². The Morgan fingerprint density at radius 2 is 1.62 bits per heavy atom. The molecule has 2 N–H and O–H groups in total. The largest absolute Gasteiger partial charge is 0.367 e. The fraction of sp³-hybridized carbons (Fsp3) is 0. The van der Waals surface area contributed by atoms with Crippen molar-refractivity contribution in [3.8, 4) is 22.4 Å². The lowest BCUT2D eigenvalue weighted by Crippen LogP contribution is -1.94. The number of hydrogen-bond donors (Lipinski definition) is 1. The smallest absolute Gasteiger partial charge is 0.230 e. The summed E-state index contributed by atoms with van der Waals surface area (Å²) in [7, 11) is 0. The lowest BCUT2D eigenvalue weighted by molar-refractivity contribution is 0.438. The van der Waals surface area contributed by atoms with Crippen molar-refractivity contribution in [2.75, 3.05) is 5.73 Å². The van der Waals surface area contributed by atoms with Crippen LogP contribution in [0.25, 0.3) is 22.4 Å². The van der Waals surface area contributed by atoms with E-state index in [4.69, 9.17) is 10.3 Å². The molecule has 3 nitrogen and oxygen atoms in total. The highest BCUT2D eigenvalue weighted by atomic mass is 79.9. The first-order valence-corrected chi connectivity index (χ1v) is 6.82. The summed E-state index contributed by atoms with van der Waals surface area (Å²) in [5, 5.41) is 3.72. The molecule has 0 aliphatic rings. The van der Waals surface area contributed by atoms with Crippen LogP contribution in [-0.2, 0) is 0 Å². The van der Waals surface area contributed by atoms with E-state index < -0.39 is 11.6 Å². The number of hydrogen-bond acceptors (Lipinski definition) is 3. The second-order valence-corrected chi connectivity index (χ2v) is 5.30. The standard InChI is InChI=1S/C15H9BrF2N2O/c16-9-6-10(17)13(11(18)7-9)14-12(15(19)21-20-14)8-4-2-1-3-5-8/h1-7H,19H2. The molecule has 0 atom stereocenters. The maximum atomic E-state index is 14.1. The fourth-order valence-electron chi connectivity index (χ4n) is 2.13. The number of nitrogens with zero attached hydrogens (tertiary/aromatic N) is 1. The van der Waals surface area contributed by atoms with E-state index in [-0.39, 0.29) is 17.1 Å². The second-order valence-electron chi connectivity index (χ2n) is 4.38. The second kappa shape index (κ2) is 5.29. The number of rotatable bonds is 2. The third-order valence-corrected chi connectivity index (χ3v) is 3.48. The molecule has 3 aromatic rings. The molecule has 1 heterocycles. The van der Waals surface area contributed by atoms with Crippen molar-refractivity contribution in [1.29, 1.82) is 0 Å². The minimum atomic E-state index is -0.743. The van der Waals surface area contributed by atoms with Crippen LogP contribution in [0.15, 0.2) is 51.5 Å². The Hall–Kier alpha value is -2.21. The molecule has 0 aliphatic heterocycles. The molecule has 106 valence electrons. The molecule has 1 aromatic heterocycles. The number of anilines is 1. The minimum Gasteiger partial charge on any atom is -0.367 e. The van der Waals surface area contributed by atoms with Crippen molar-refractivity contribution >= 4 is 21.8 Å². The summed E-state index contributed by atoms with van der Waals surface area (Å²) >= 11 is 3.04. The highest BCUT2D eigenvalue weighted by Crippen LogP contribution is 2.38. The Kier molecular flexibility index (Phi) is 3.47. The van der Waals surface area contributed by atoms with E-state index in [1.807, 2.05) is 6.07 Å². The first-order valence-electron chi connectivity index (χ1n) is 6.03. The average Bonchev–Trinajstić information content (AvgIpc) is 2.80. The molecule has 6 heteroatoms. The SMILES string of the molecule is Nc1onc(-c2c(F)cc(Br)cc2F)c1-c1ccccc1. The van der Waals surface area contributed by atoms with Gasteiger partial charge in [0.2, 0.25) is 5.88 Å². The van der Waals surface area contributed by atoms with Gasteiger partial charge in [-0.15, -0.1) is 0 Å². The highest BCUT2D eigenvalue weighted by molar-refractivity contribution is 9.10. The quantitative estimate of drug-likeness (QED) is 0.732. The number of halogens is 3. The topological polar surface area (TPSA) is 52.0 Å². The molecular formula is C15H9BrF2N2O. The monoisotopic (exact) mass is 350 g/mol. The molecule has 0 aliphatic carbocycles. The van der Waals surface area contributed by atoms with Crippen molar-refractivity contribution in [2.24, 2.45) is 0 Å². The molecular weight excluding hydrogens is 342 g/mol. The predicted molar refractivity (Wildman–Crippen MR) is 79.4 cm³/mol. The summed E-state index contributed by atoms with van der Waals surface area (Å²) in [4.78, 5) is 0. The third kappa shape index (κ3) is 2.42. The van der Waals surface area contributed by atoms with Gasteiger partial charge in [-0.1, -0.05) is 51.4 Å². The first kappa shape index (κ1) is 13.8. The summed E-state index contributed by atoms with van der Waals surface area (Å²) in [6.45, 7) is 0. The van der Waals surface area contributed by atoms with Crippen LogP contribution in [0.5, 0.6) is 0 Å². The molecule has 0 saturated heterocycles. The van der Waals surface area contributed by atoms with Gasteiger partial charge >= 0.3 is 0 Å². The number of aromatic nitrogens is 1. The van der Waals surface area contributed by atoms with Crippen molar-refractivity contribution < 1.29 is 13.3 Å². The fourth-order valence-corrected chi connectivity index (χ4v) is 2.53. The number of benzene rings is 2. The summed E-state index contributed by atoms with van der Waals surface area (Å²) in [5.41, 5.74) is 6.58.